The predicted octanol–water partition coefficient (Wildman–Crippen LogP) is 4.71. The number of nitrogens with zero attached hydrogens (tertiary/aromatic N) is 2. The third kappa shape index (κ3) is 2.86. The van der Waals surface area contributed by atoms with Gasteiger partial charge in [-0.05, 0) is 35.7 Å². The average molecular weight is 342 g/mol. The number of hydrogen-bond acceptors (Lipinski definition) is 2. The van der Waals surface area contributed by atoms with Crippen LogP contribution in [0, 0.1) is 0 Å². The summed E-state index contributed by atoms with van der Waals surface area (Å²) in [4.78, 5) is 15.5. The van der Waals surface area contributed by atoms with Crippen molar-refractivity contribution < 1.29 is 9.90 Å². The molecule has 2 heterocycles. The maximum absolute atomic E-state index is 11.2. The minimum Gasteiger partial charge on any atom is -0.481 e. The van der Waals surface area contributed by atoms with E-state index in [9.17, 15) is 9.90 Å². The number of hydrogen-bond donors (Lipinski definition) is 1. The lowest BCUT2D eigenvalue weighted by Gasteiger charge is -2.12. The number of pyridine rings is 1. The standard InChI is InChI=1S/C22H18N2O2/c25-21(26)13-12-19-18-10-4-5-11-20(18)24(17-9-6-14-23-15-17)22(19)16-7-2-1-3-8-16/h1-11,14-15H,12-13H2,(H,25,26). The Kier molecular flexibility index (Phi) is 4.23. The van der Waals surface area contributed by atoms with Gasteiger partial charge in [0.2, 0.25) is 0 Å². The van der Waals surface area contributed by atoms with Crippen LogP contribution in [0.5, 0.6) is 0 Å². The Morgan fingerprint density at radius 1 is 0.962 bits per heavy atom. The van der Waals surface area contributed by atoms with E-state index in [0.717, 1.165) is 33.4 Å². The van der Waals surface area contributed by atoms with Crippen LogP contribution in [-0.2, 0) is 11.2 Å². The number of carboxylic acids is 1. The van der Waals surface area contributed by atoms with Gasteiger partial charge < -0.3 is 9.67 Å². The second-order valence-electron chi connectivity index (χ2n) is 6.15. The highest BCUT2D eigenvalue weighted by Gasteiger charge is 2.20. The Bertz CT molecular complexity index is 1050. The zero-order valence-electron chi connectivity index (χ0n) is 14.2. The van der Waals surface area contributed by atoms with Crippen molar-refractivity contribution in [3.63, 3.8) is 0 Å². The molecule has 0 aliphatic heterocycles. The van der Waals surface area contributed by atoms with E-state index < -0.39 is 5.97 Å². The number of aryl methyl sites for hydroxylation is 1. The van der Waals surface area contributed by atoms with Crippen molar-refractivity contribution in [2.75, 3.05) is 0 Å². The van der Waals surface area contributed by atoms with Gasteiger partial charge in [0, 0.05) is 18.0 Å². The fraction of sp³-hybridized carbons (Fsp3) is 0.0909. The van der Waals surface area contributed by atoms with Crippen LogP contribution in [0.3, 0.4) is 0 Å². The lowest BCUT2D eigenvalue weighted by atomic mass is 10.0. The Hall–Kier alpha value is -3.40. The van der Waals surface area contributed by atoms with E-state index in [2.05, 4.69) is 33.8 Å². The van der Waals surface area contributed by atoms with E-state index in [0.29, 0.717) is 6.42 Å². The molecule has 1 N–H and O–H groups in total. The van der Waals surface area contributed by atoms with Crippen LogP contribution in [0.2, 0.25) is 0 Å². The lowest BCUT2D eigenvalue weighted by Crippen LogP contribution is -2.01. The minimum absolute atomic E-state index is 0.0981. The number of aliphatic carboxylic acids is 1. The van der Waals surface area contributed by atoms with Crippen molar-refractivity contribution in [2.45, 2.75) is 12.8 Å². The quantitative estimate of drug-likeness (QED) is 0.571. The first-order chi connectivity index (χ1) is 12.8. The molecule has 2 aromatic carbocycles. The molecule has 0 saturated heterocycles. The largest absolute Gasteiger partial charge is 0.481 e. The van der Waals surface area contributed by atoms with Gasteiger partial charge in [0.15, 0.2) is 0 Å². The van der Waals surface area contributed by atoms with Gasteiger partial charge >= 0.3 is 5.97 Å². The van der Waals surface area contributed by atoms with Crippen molar-refractivity contribution in [3.05, 3.63) is 84.7 Å². The number of carbonyl (C=O) groups is 1. The molecule has 0 bridgehead atoms. The maximum Gasteiger partial charge on any atom is 0.303 e. The summed E-state index contributed by atoms with van der Waals surface area (Å²) in [6.45, 7) is 0. The highest BCUT2D eigenvalue weighted by Crippen LogP contribution is 2.36. The summed E-state index contributed by atoms with van der Waals surface area (Å²) >= 11 is 0. The molecule has 0 unspecified atom stereocenters. The molecule has 0 saturated carbocycles. The predicted molar refractivity (Wildman–Crippen MR) is 102 cm³/mol. The molecule has 0 radical (unpaired) electrons. The van der Waals surface area contributed by atoms with Crippen molar-refractivity contribution in [3.8, 4) is 16.9 Å². The van der Waals surface area contributed by atoms with Gasteiger partial charge in [-0.2, -0.15) is 0 Å². The van der Waals surface area contributed by atoms with E-state index in [1.807, 2.05) is 48.7 Å². The molecule has 0 atom stereocenters. The topological polar surface area (TPSA) is 55.1 Å². The molecule has 4 heteroatoms. The fourth-order valence-corrected chi connectivity index (χ4v) is 3.45. The van der Waals surface area contributed by atoms with E-state index >= 15 is 0 Å². The van der Waals surface area contributed by atoms with Crippen molar-refractivity contribution in [1.82, 2.24) is 9.55 Å². The molecular formula is C22H18N2O2. The number of para-hydroxylation sites is 1. The summed E-state index contributed by atoms with van der Waals surface area (Å²) in [5, 5.41) is 10.3. The normalized spacial score (nSPS) is 10.9. The summed E-state index contributed by atoms with van der Waals surface area (Å²) in [7, 11) is 0. The average Bonchev–Trinajstić information content (AvgIpc) is 3.02. The molecular weight excluding hydrogens is 324 g/mol. The second-order valence-corrected chi connectivity index (χ2v) is 6.15. The maximum atomic E-state index is 11.2. The molecule has 0 aliphatic rings. The molecule has 0 amide bonds. The molecule has 4 nitrogen and oxygen atoms in total. The van der Waals surface area contributed by atoms with Gasteiger partial charge in [-0.25, -0.2) is 0 Å². The van der Waals surface area contributed by atoms with Gasteiger partial charge in [-0.1, -0.05) is 48.5 Å². The zero-order valence-corrected chi connectivity index (χ0v) is 14.2. The Balaban J connectivity index is 2.06. The first kappa shape index (κ1) is 16.1. The molecule has 2 aromatic heterocycles. The van der Waals surface area contributed by atoms with Gasteiger partial charge in [-0.3, -0.25) is 9.78 Å². The van der Waals surface area contributed by atoms with Crippen LogP contribution < -0.4 is 0 Å². The van der Waals surface area contributed by atoms with E-state index in [1.54, 1.807) is 6.20 Å². The minimum atomic E-state index is -0.790. The third-order valence-corrected chi connectivity index (χ3v) is 4.52. The molecule has 0 fully saturated rings. The van der Waals surface area contributed by atoms with E-state index in [-0.39, 0.29) is 6.42 Å². The van der Waals surface area contributed by atoms with Crippen LogP contribution in [-0.4, -0.2) is 20.6 Å². The van der Waals surface area contributed by atoms with Crippen LogP contribution in [0.15, 0.2) is 79.1 Å². The molecule has 4 rings (SSSR count). The van der Waals surface area contributed by atoms with Crippen molar-refractivity contribution in [2.24, 2.45) is 0 Å². The van der Waals surface area contributed by atoms with Crippen LogP contribution >= 0.6 is 0 Å². The van der Waals surface area contributed by atoms with Crippen LogP contribution in [0.25, 0.3) is 27.8 Å². The van der Waals surface area contributed by atoms with Crippen LogP contribution in [0.4, 0.5) is 0 Å². The molecule has 4 aromatic rings. The van der Waals surface area contributed by atoms with Crippen molar-refractivity contribution >= 4 is 16.9 Å². The van der Waals surface area contributed by atoms with Gasteiger partial charge in [-0.15, -0.1) is 0 Å². The zero-order chi connectivity index (χ0) is 17.9. The Morgan fingerprint density at radius 2 is 1.73 bits per heavy atom. The molecule has 0 aliphatic carbocycles. The molecule has 128 valence electrons. The number of rotatable bonds is 5. The fourth-order valence-electron chi connectivity index (χ4n) is 3.45. The first-order valence-electron chi connectivity index (χ1n) is 8.55. The summed E-state index contributed by atoms with van der Waals surface area (Å²) in [5.41, 5.74) is 5.16. The lowest BCUT2D eigenvalue weighted by molar-refractivity contribution is -0.136. The van der Waals surface area contributed by atoms with Crippen LogP contribution in [0.1, 0.15) is 12.0 Å². The monoisotopic (exact) mass is 342 g/mol. The summed E-state index contributed by atoms with van der Waals surface area (Å²) < 4.78 is 2.18. The molecule has 0 spiro atoms. The van der Waals surface area contributed by atoms with Gasteiger partial charge in [0.05, 0.1) is 23.1 Å². The Labute approximate surface area is 151 Å². The van der Waals surface area contributed by atoms with E-state index in [4.69, 9.17) is 0 Å². The number of fused-ring (bicyclic) bond motifs is 1. The summed E-state index contributed by atoms with van der Waals surface area (Å²) in [5.74, 6) is -0.790. The highest BCUT2D eigenvalue weighted by atomic mass is 16.4. The Morgan fingerprint density at radius 3 is 2.46 bits per heavy atom. The number of aromatic nitrogens is 2. The summed E-state index contributed by atoms with van der Waals surface area (Å²) in [6, 6.07) is 22.2. The van der Waals surface area contributed by atoms with Gasteiger partial charge in [0.25, 0.3) is 0 Å². The highest BCUT2D eigenvalue weighted by molar-refractivity contribution is 5.94. The SMILES string of the molecule is O=C(O)CCc1c(-c2ccccc2)n(-c2cccnc2)c2ccccc12. The number of carboxylic acid groups (broad SMARTS) is 1. The third-order valence-electron chi connectivity index (χ3n) is 4.52. The van der Waals surface area contributed by atoms with Gasteiger partial charge in [0.1, 0.15) is 0 Å². The number of benzene rings is 2. The molecule has 26 heavy (non-hydrogen) atoms. The smallest absolute Gasteiger partial charge is 0.303 e. The second kappa shape index (κ2) is 6.84. The summed E-state index contributed by atoms with van der Waals surface area (Å²) in [6.07, 6.45) is 4.16. The van der Waals surface area contributed by atoms with E-state index in [1.165, 1.54) is 0 Å². The van der Waals surface area contributed by atoms with Crippen molar-refractivity contribution in [1.29, 1.82) is 0 Å². The first-order valence-corrected chi connectivity index (χ1v) is 8.55.